The van der Waals surface area contributed by atoms with Gasteiger partial charge in [0.2, 0.25) is 5.91 Å². The van der Waals surface area contributed by atoms with E-state index in [9.17, 15) is 19.5 Å². The fraction of sp³-hybridized carbons (Fsp3) is 0.710. The minimum Gasteiger partial charge on any atom is -0.447 e. The molecule has 13 heteroatoms. The number of benzene rings is 1. The van der Waals surface area contributed by atoms with Crippen LogP contribution in [-0.4, -0.2) is 121 Å². The Hall–Kier alpha value is -2.81. The van der Waals surface area contributed by atoms with Crippen molar-refractivity contribution in [3.63, 3.8) is 0 Å². The Kier molecular flexibility index (Phi) is 20.0. The molecule has 2 rings (SSSR count). The Morgan fingerprint density at radius 1 is 0.864 bits per heavy atom. The summed E-state index contributed by atoms with van der Waals surface area (Å²) in [7, 11) is 1.62. The molecule has 3 atom stereocenters. The predicted molar refractivity (Wildman–Crippen MR) is 162 cm³/mol. The number of alkyl carbamates (subject to hydrolysis) is 1. The van der Waals surface area contributed by atoms with Gasteiger partial charge in [0.15, 0.2) is 6.10 Å². The van der Waals surface area contributed by atoms with Gasteiger partial charge in [-0.1, -0.05) is 37.3 Å². The molecule has 1 aliphatic carbocycles. The van der Waals surface area contributed by atoms with E-state index in [0.717, 1.165) is 18.4 Å². The van der Waals surface area contributed by atoms with Crippen molar-refractivity contribution in [1.29, 1.82) is 0 Å². The quantitative estimate of drug-likeness (QED) is 0.110. The highest BCUT2D eigenvalue weighted by Crippen LogP contribution is 2.19. The molecule has 1 saturated carbocycles. The molecule has 0 aromatic heterocycles. The van der Waals surface area contributed by atoms with Crippen molar-refractivity contribution < 1.29 is 47.9 Å². The van der Waals surface area contributed by atoms with Crippen molar-refractivity contribution in [1.82, 2.24) is 16.0 Å². The number of carbonyl (C=O) groups is 3. The number of nitrogens with one attached hydrogen (secondary N) is 3. The molecule has 250 valence electrons. The third-order valence-electron chi connectivity index (χ3n) is 6.67. The average Bonchev–Trinajstić information content (AvgIpc) is 3.83. The number of amides is 3. The van der Waals surface area contributed by atoms with Gasteiger partial charge in [-0.2, -0.15) is 0 Å². The summed E-state index contributed by atoms with van der Waals surface area (Å²) in [5, 5.41) is 19.0. The highest BCUT2D eigenvalue weighted by atomic mass is 16.6. The van der Waals surface area contributed by atoms with Gasteiger partial charge in [0.25, 0.3) is 5.91 Å². The number of aliphatic hydroxyl groups excluding tert-OH is 1. The van der Waals surface area contributed by atoms with Gasteiger partial charge in [0.1, 0.15) is 6.61 Å². The first-order valence-corrected chi connectivity index (χ1v) is 15.4. The van der Waals surface area contributed by atoms with Gasteiger partial charge < -0.3 is 49.5 Å². The fourth-order valence-electron chi connectivity index (χ4n) is 4.06. The zero-order valence-electron chi connectivity index (χ0n) is 26.1. The van der Waals surface area contributed by atoms with Crippen molar-refractivity contribution >= 4 is 17.9 Å². The highest BCUT2D eigenvalue weighted by Gasteiger charge is 2.32. The maximum atomic E-state index is 12.8. The van der Waals surface area contributed by atoms with Crippen LogP contribution in [0.1, 0.15) is 38.2 Å². The molecule has 1 fully saturated rings. The topological polar surface area (TPSA) is 163 Å². The molecule has 0 bridgehead atoms. The number of methoxy groups -OCH3 is 1. The van der Waals surface area contributed by atoms with Crippen LogP contribution in [0.2, 0.25) is 0 Å². The maximum Gasteiger partial charge on any atom is 0.407 e. The normalized spacial score (nSPS) is 14.8. The summed E-state index contributed by atoms with van der Waals surface area (Å²) in [6.45, 7) is 6.42. The van der Waals surface area contributed by atoms with Crippen molar-refractivity contribution in [2.45, 2.75) is 57.2 Å². The third kappa shape index (κ3) is 18.8. The van der Waals surface area contributed by atoms with Crippen LogP contribution in [-0.2, 0) is 44.4 Å². The Labute approximate surface area is 260 Å². The minimum absolute atomic E-state index is 0.0481. The fourth-order valence-corrected chi connectivity index (χ4v) is 4.06. The van der Waals surface area contributed by atoms with Crippen LogP contribution in [0.15, 0.2) is 30.3 Å². The van der Waals surface area contributed by atoms with Crippen LogP contribution in [0.3, 0.4) is 0 Å². The highest BCUT2D eigenvalue weighted by molar-refractivity contribution is 5.83. The van der Waals surface area contributed by atoms with E-state index >= 15 is 0 Å². The predicted octanol–water partition coefficient (Wildman–Crippen LogP) is 1.21. The van der Waals surface area contributed by atoms with Crippen LogP contribution < -0.4 is 16.0 Å². The summed E-state index contributed by atoms with van der Waals surface area (Å²) in [6.07, 6.45) is 0.955. The molecular weight excluding hydrogens is 574 g/mol. The lowest BCUT2D eigenvalue weighted by Crippen LogP contribution is -2.52. The molecule has 0 aliphatic heterocycles. The largest absolute Gasteiger partial charge is 0.447 e. The first kappa shape index (κ1) is 37.4. The minimum atomic E-state index is -1.36. The molecule has 1 aliphatic rings. The van der Waals surface area contributed by atoms with Gasteiger partial charge in [-0.15, -0.1) is 0 Å². The summed E-state index contributed by atoms with van der Waals surface area (Å²) in [4.78, 5) is 37.2. The van der Waals surface area contributed by atoms with E-state index in [-0.39, 0.29) is 37.5 Å². The molecular formula is C31H51N3O10. The van der Waals surface area contributed by atoms with Crippen LogP contribution in [0.25, 0.3) is 0 Å². The second-order valence-corrected chi connectivity index (χ2v) is 10.7. The number of rotatable bonds is 26. The van der Waals surface area contributed by atoms with Gasteiger partial charge in [-0.05, 0) is 37.2 Å². The van der Waals surface area contributed by atoms with Gasteiger partial charge in [-0.25, -0.2) is 4.79 Å². The Morgan fingerprint density at radius 3 is 2.00 bits per heavy atom. The molecule has 1 aromatic carbocycles. The summed E-state index contributed by atoms with van der Waals surface area (Å²) in [5.41, 5.74) is 0.906. The van der Waals surface area contributed by atoms with E-state index in [0.29, 0.717) is 72.2 Å². The Morgan fingerprint density at radius 2 is 1.43 bits per heavy atom. The van der Waals surface area contributed by atoms with Crippen molar-refractivity contribution in [2.24, 2.45) is 5.92 Å². The van der Waals surface area contributed by atoms with E-state index in [2.05, 4.69) is 16.0 Å². The van der Waals surface area contributed by atoms with Gasteiger partial charge in [-0.3, -0.25) is 9.59 Å². The zero-order valence-corrected chi connectivity index (χ0v) is 26.1. The maximum absolute atomic E-state index is 12.8. The molecule has 0 radical (unpaired) electrons. The lowest BCUT2D eigenvalue weighted by atomic mass is 9.99. The lowest BCUT2D eigenvalue weighted by Gasteiger charge is -2.24. The zero-order chi connectivity index (χ0) is 31.8. The number of carbonyl (C=O) groups excluding carboxylic acids is 3. The number of hydrogen-bond donors (Lipinski definition) is 4. The van der Waals surface area contributed by atoms with Crippen LogP contribution >= 0.6 is 0 Å². The molecule has 13 nitrogen and oxygen atoms in total. The second kappa shape index (κ2) is 23.6. The van der Waals surface area contributed by atoms with Crippen LogP contribution in [0.5, 0.6) is 0 Å². The van der Waals surface area contributed by atoms with Crippen molar-refractivity contribution in [3.8, 4) is 0 Å². The van der Waals surface area contributed by atoms with Gasteiger partial charge in [0, 0.05) is 26.1 Å². The van der Waals surface area contributed by atoms with E-state index < -0.39 is 24.1 Å². The number of ether oxygens (including phenoxy) is 6. The van der Waals surface area contributed by atoms with E-state index in [4.69, 9.17) is 28.4 Å². The summed E-state index contributed by atoms with van der Waals surface area (Å²) >= 11 is 0. The van der Waals surface area contributed by atoms with Crippen LogP contribution in [0, 0.1) is 5.92 Å². The smallest absolute Gasteiger partial charge is 0.407 e. The summed E-state index contributed by atoms with van der Waals surface area (Å²) < 4.78 is 31.4. The van der Waals surface area contributed by atoms with Gasteiger partial charge in [0.05, 0.1) is 65.5 Å². The van der Waals surface area contributed by atoms with E-state index in [1.54, 1.807) is 7.11 Å². The number of aliphatic hydroxyl groups is 1. The monoisotopic (exact) mass is 625 g/mol. The Bertz CT molecular complexity index is 919. The summed E-state index contributed by atoms with van der Waals surface area (Å²) in [6, 6.07) is 8.76. The molecule has 0 heterocycles. The molecule has 0 spiro atoms. The van der Waals surface area contributed by atoms with E-state index in [1.807, 2.05) is 37.3 Å². The van der Waals surface area contributed by atoms with Crippen molar-refractivity contribution in [2.75, 3.05) is 79.7 Å². The Balaban J connectivity index is 1.50. The van der Waals surface area contributed by atoms with E-state index in [1.165, 1.54) is 0 Å². The molecule has 4 N–H and O–H groups in total. The molecule has 2 unspecified atom stereocenters. The second-order valence-electron chi connectivity index (χ2n) is 10.7. The first-order valence-electron chi connectivity index (χ1n) is 15.4. The molecule has 0 saturated heterocycles. The molecule has 44 heavy (non-hydrogen) atoms. The van der Waals surface area contributed by atoms with Crippen molar-refractivity contribution in [3.05, 3.63) is 35.9 Å². The SMILES string of the molecule is COCCOCCOCCOCCOCCOC(=O)NCCC(C)CC(=O)N[C@@H](Cc1ccccc1)C(O)C(=O)NC1CC1. The van der Waals surface area contributed by atoms with Crippen LogP contribution in [0.4, 0.5) is 4.79 Å². The lowest BCUT2D eigenvalue weighted by molar-refractivity contribution is -0.132. The first-order chi connectivity index (χ1) is 21.4. The standard InChI is InChI=1S/C31H51N3O10/c1-24(10-11-32-31(38)44-21-20-43-19-18-42-17-16-41-15-14-40-13-12-39-2)22-28(35)34-27(23-25-6-4-3-5-7-25)29(36)30(37)33-26-8-9-26/h3-7,24,26-27,29,36H,8-23H2,1-2H3,(H,32,38)(H,33,37)(H,34,35)/t24?,27-,29?/m0/s1. The molecule has 3 amide bonds. The number of hydrogen-bond acceptors (Lipinski definition) is 10. The average molecular weight is 626 g/mol. The third-order valence-corrected chi connectivity index (χ3v) is 6.67. The van der Waals surface area contributed by atoms with Gasteiger partial charge >= 0.3 is 6.09 Å². The summed E-state index contributed by atoms with van der Waals surface area (Å²) in [5.74, 6) is -0.787. The molecule has 1 aromatic rings.